The lowest BCUT2D eigenvalue weighted by Gasteiger charge is -2.12. The van der Waals surface area contributed by atoms with E-state index < -0.39 is 0 Å². The Balaban J connectivity index is 1.70. The van der Waals surface area contributed by atoms with Crippen LogP contribution in [0, 0.1) is 0 Å². The number of benzene rings is 1. The number of hydrogen-bond donors (Lipinski definition) is 1. The molecule has 1 aromatic carbocycles. The van der Waals surface area contributed by atoms with Gasteiger partial charge in [0.15, 0.2) is 5.16 Å². The van der Waals surface area contributed by atoms with Gasteiger partial charge in [-0.1, -0.05) is 49.3 Å². The summed E-state index contributed by atoms with van der Waals surface area (Å²) in [7, 11) is 1.65. The zero-order chi connectivity index (χ0) is 20.3. The number of methoxy groups -OCH3 is 1. The van der Waals surface area contributed by atoms with Gasteiger partial charge >= 0.3 is 0 Å². The lowest BCUT2D eigenvalue weighted by atomic mass is 9.92. The van der Waals surface area contributed by atoms with Gasteiger partial charge in [-0.15, -0.1) is 0 Å². The van der Waals surface area contributed by atoms with Gasteiger partial charge in [0.25, 0.3) is 0 Å². The highest BCUT2D eigenvalue weighted by atomic mass is 35.5. The van der Waals surface area contributed by atoms with Crippen LogP contribution in [0.1, 0.15) is 26.5 Å². The van der Waals surface area contributed by atoms with E-state index in [0.29, 0.717) is 24.1 Å². The lowest BCUT2D eigenvalue weighted by molar-refractivity contribution is -0.113. The first-order chi connectivity index (χ1) is 13.3. The summed E-state index contributed by atoms with van der Waals surface area (Å²) in [5, 5.41) is 8.10. The lowest BCUT2D eigenvalue weighted by Crippen LogP contribution is -2.15. The summed E-state index contributed by atoms with van der Waals surface area (Å²) < 4.78 is 12.4. The number of carbonyl (C=O) groups excluding carboxylic acids is 1. The molecule has 28 heavy (non-hydrogen) atoms. The van der Waals surface area contributed by atoms with Gasteiger partial charge in [0.05, 0.1) is 29.1 Å². The predicted molar refractivity (Wildman–Crippen MR) is 111 cm³/mol. The van der Waals surface area contributed by atoms with Crippen molar-refractivity contribution in [2.45, 2.75) is 37.9 Å². The molecule has 2 aromatic heterocycles. The van der Waals surface area contributed by atoms with E-state index in [2.05, 4.69) is 15.5 Å². The number of amides is 1. The van der Waals surface area contributed by atoms with Crippen molar-refractivity contribution in [2.24, 2.45) is 0 Å². The van der Waals surface area contributed by atoms with E-state index in [9.17, 15) is 4.79 Å². The minimum atomic E-state index is -0.190. The van der Waals surface area contributed by atoms with E-state index in [1.165, 1.54) is 11.8 Å². The molecule has 0 aliphatic rings. The zero-order valence-corrected chi connectivity index (χ0v) is 17.9. The second kappa shape index (κ2) is 8.55. The van der Waals surface area contributed by atoms with E-state index in [4.69, 9.17) is 20.9 Å². The van der Waals surface area contributed by atoms with Crippen LogP contribution in [0.25, 0.3) is 11.0 Å². The molecule has 0 bridgehead atoms. The van der Waals surface area contributed by atoms with E-state index >= 15 is 0 Å². The van der Waals surface area contributed by atoms with Gasteiger partial charge < -0.3 is 13.8 Å². The van der Waals surface area contributed by atoms with Crippen LogP contribution in [0.3, 0.4) is 0 Å². The third-order valence-corrected chi connectivity index (χ3v) is 5.28. The smallest absolute Gasteiger partial charge is 0.237 e. The quantitative estimate of drug-likeness (QED) is 0.570. The number of fused-ring (bicyclic) bond motifs is 1. The highest BCUT2D eigenvalue weighted by molar-refractivity contribution is 7.99. The predicted octanol–water partition coefficient (Wildman–Crippen LogP) is 4.35. The molecule has 1 N–H and O–H groups in total. The standard InChI is InChI=1S/C19H23ClN4O3S/c1-19(2,3)15-10-17(27-23-15)22-16(25)11-28-18-21-13-9-12(20)5-6-14(13)24(18)7-8-26-4/h5-6,9-10H,7-8,11H2,1-4H3,(H,22,25). The van der Waals surface area contributed by atoms with Gasteiger partial charge in [0.2, 0.25) is 11.8 Å². The van der Waals surface area contributed by atoms with Crippen molar-refractivity contribution >= 4 is 46.2 Å². The fourth-order valence-electron chi connectivity index (χ4n) is 2.58. The number of carbonyl (C=O) groups is 1. The largest absolute Gasteiger partial charge is 0.383 e. The molecule has 0 aliphatic carbocycles. The highest BCUT2D eigenvalue weighted by Crippen LogP contribution is 2.27. The van der Waals surface area contributed by atoms with E-state index in [1.54, 1.807) is 13.2 Å². The summed E-state index contributed by atoms with van der Waals surface area (Å²) >= 11 is 7.42. The van der Waals surface area contributed by atoms with Crippen molar-refractivity contribution in [3.8, 4) is 0 Å². The van der Waals surface area contributed by atoms with Crippen molar-refractivity contribution in [3.63, 3.8) is 0 Å². The number of nitrogens with zero attached hydrogens (tertiary/aromatic N) is 3. The molecule has 0 unspecified atom stereocenters. The average Bonchev–Trinajstić information content (AvgIpc) is 3.22. The number of nitrogens with one attached hydrogen (secondary N) is 1. The maximum Gasteiger partial charge on any atom is 0.237 e. The Morgan fingerprint density at radius 3 is 2.82 bits per heavy atom. The summed E-state index contributed by atoms with van der Waals surface area (Å²) in [4.78, 5) is 16.9. The van der Waals surface area contributed by atoms with Gasteiger partial charge in [-0.05, 0) is 18.2 Å². The number of imidazole rings is 1. The second-order valence-corrected chi connectivity index (χ2v) is 8.71. The van der Waals surface area contributed by atoms with Crippen LogP contribution >= 0.6 is 23.4 Å². The number of anilines is 1. The molecule has 1 amide bonds. The van der Waals surface area contributed by atoms with Crippen LogP contribution < -0.4 is 5.32 Å². The summed E-state index contributed by atoms with van der Waals surface area (Å²) in [6.07, 6.45) is 0. The molecule has 0 spiro atoms. The molecule has 0 saturated heterocycles. The summed E-state index contributed by atoms with van der Waals surface area (Å²) in [5.41, 5.74) is 2.38. The van der Waals surface area contributed by atoms with Crippen LogP contribution in [0.5, 0.6) is 0 Å². The van der Waals surface area contributed by atoms with E-state index in [-0.39, 0.29) is 17.1 Å². The van der Waals surface area contributed by atoms with Crippen LogP contribution in [-0.4, -0.2) is 40.1 Å². The average molecular weight is 423 g/mol. The number of ether oxygens (including phenoxy) is 1. The van der Waals surface area contributed by atoms with E-state index in [1.807, 2.05) is 43.5 Å². The first kappa shape index (κ1) is 20.7. The van der Waals surface area contributed by atoms with Crippen molar-refractivity contribution in [2.75, 3.05) is 24.8 Å². The Hall–Kier alpha value is -2.03. The van der Waals surface area contributed by atoms with Crippen molar-refractivity contribution in [1.82, 2.24) is 14.7 Å². The van der Waals surface area contributed by atoms with Crippen LogP contribution in [0.2, 0.25) is 5.02 Å². The summed E-state index contributed by atoms with van der Waals surface area (Å²) in [6.45, 7) is 7.27. The number of thioether (sulfide) groups is 1. The van der Waals surface area contributed by atoms with E-state index in [0.717, 1.165) is 21.9 Å². The third kappa shape index (κ3) is 4.87. The zero-order valence-electron chi connectivity index (χ0n) is 16.3. The molecular formula is C19H23ClN4O3S. The molecule has 3 rings (SSSR count). The summed E-state index contributed by atoms with van der Waals surface area (Å²) in [5.74, 6) is 0.343. The van der Waals surface area contributed by atoms with Gasteiger partial charge in [-0.2, -0.15) is 0 Å². The third-order valence-electron chi connectivity index (χ3n) is 4.07. The minimum absolute atomic E-state index is 0.144. The topological polar surface area (TPSA) is 82.2 Å². The normalized spacial score (nSPS) is 11.9. The summed E-state index contributed by atoms with van der Waals surface area (Å²) in [6, 6.07) is 7.31. The SMILES string of the molecule is COCCn1c(SCC(=O)Nc2cc(C(C)(C)C)no2)nc2cc(Cl)ccc21. The molecule has 2 heterocycles. The van der Waals surface area contributed by atoms with Crippen LogP contribution in [0.4, 0.5) is 5.88 Å². The Morgan fingerprint density at radius 1 is 1.36 bits per heavy atom. The van der Waals surface area contributed by atoms with Gasteiger partial charge in [-0.3, -0.25) is 10.1 Å². The molecule has 150 valence electrons. The van der Waals surface area contributed by atoms with Crippen LogP contribution in [0.15, 0.2) is 33.9 Å². The molecule has 9 heteroatoms. The molecule has 0 aliphatic heterocycles. The molecular weight excluding hydrogens is 400 g/mol. The molecule has 3 aromatic rings. The fraction of sp³-hybridized carbons (Fsp3) is 0.421. The van der Waals surface area contributed by atoms with Crippen LogP contribution in [-0.2, 0) is 21.5 Å². The number of aromatic nitrogens is 3. The van der Waals surface area contributed by atoms with Crippen molar-refractivity contribution in [3.05, 3.63) is 35.0 Å². The fourth-order valence-corrected chi connectivity index (χ4v) is 3.59. The minimum Gasteiger partial charge on any atom is -0.383 e. The van der Waals surface area contributed by atoms with Crippen molar-refractivity contribution < 1.29 is 14.1 Å². The number of hydrogen-bond acceptors (Lipinski definition) is 6. The Kier molecular flexibility index (Phi) is 6.32. The van der Waals surface area contributed by atoms with Gasteiger partial charge in [0.1, 0.15) is 0 Å². The monoisotopic (exact) mass is 422 g/mol. The van der Waals surface area contributed by atoms with Crippen molar-refractivity contribution in [1.29, 1.82) is 0 Å². The highest BCUT2D eigenvalue weighted by Gasteiger charge is 2.20. The molecule has 0 fully saturated rings. The molecule has 0 saturated carbocycles. The number of rotatable bonds is 7. The Bertz CT molecular complexity index is 977. The second-order valence-electron chi connectivity index (χ2n) is 7.34. The Morgan fingerprint density at radius 2 is 2.14 bits per heavy atom. The van der Waals surface area contributed by atoms with Gasteiger partial charge in [0, 0.05) is 30.2 Å². The van der Waals surface area contributed by atoms with Gasteiger partial charge in [-0.25, -0.2) is 4.98 Å². The number of halogens is 1. The maximum atomic E-state index is 12.3. The first-order valence-electron chi connectivity index (χ1n) is 8.82. The molecule has 0 radical (unpaired) electrons. The Labute approximate surface area is 172 Å². The molecule has 7 nitrogen and oxygen atoms in total. The first-order valence-corrected chi connectivity index (χ1v) is 10.2. The maximum absolute atomic E-state index is 12.3. The molecule has 0 atom stereocenters.